The monoisotopic (exact) mass is 267 g/mol. The molecule has 90 valence electrons. The zero-order valence-corrected chi connectivity index (χ0v) is 11.5. The highest BCUT2D eigenvalue weighted by atomic mass is 35.5. The fourth-order valence-corrected chi connectivity index (χ4v) is 3.46. The van der Waals surface area contributed by atoms with E-state index in [2.05, 4.69) is 34.8 Å². The number of hydrogen-bond acceptors (Lipinski definition) is 4. The van der Waals surface area contributed by atoms with Crippen LogP contribution in [0.25, 0.3) is 10.2 Å². The molecule has 3 heterocycles. The van der Waals surface area contributed by atoms with Crippen molar-refractivity contribution >= 4 is 39.0 Å². The minimum absolute atomic E-state index is 0.355. The largest absolute Gasteiger partial charge is 0.356 e. The minimum Gasteiger partial charge on any atom is -0.356 e. The normalized spacial score (nSPS) is 20.4. The van der Waals surface area contributed by atoms with Gasteiger partial charge in [0.1, 0.15) is 10.6 Å². The van der Waals surface area contributed by atoms with E-state index in [1.165, 1.54) is 11.3 Å². The van der Waals surface area contributed by atoms with E-state index in [0.29, 0.717) is 5.28 Å². The highest BCUT2D eigenvalue weighted by Gasteiger charge is 2.23. The van der Waals surface area contributed by atoms with Crippen molar-refractivity contribution in [3.8, 4) is 0 Å². The van der Waals surface area contributed by atoms with Crippen LogP contribution in [-0.4, -0.2) is 23.1 Å². The van der Waals surface area contributed by atoms with E-state index in [-0.39, 0.29) is 0 Å². The number of aryl methyl sites for hydroxylation is 1. The third kappa shape index (κ3) is 2.00. The van der Waals surface area contributed by atoms with E-state index in [1.54, 1.807) is 11.3 Å². The molecule has 0 amide bonds. The van der Waals surface area contributed by atoms with E-state index in [1.807, 2.05) is 0 Å². The standard InChI is InChI=1S/C12H14ClN3S/c1-7-3-4-16(6-7)10-9-5-8(2)17-11(9)15-12(13)14-10/h5,7H,3-4,6H2,1-2H3. The molecule has 1 saturated heterocycles. The quantitative estimate of drug-likeness (QED) is 0.741. The van der Waals surface area contributed by atoms with Crippen molar-refractivity contribution in [1.82, 2.24) is 9.97 Å². The molecular formula is C12H14ClN3S. The van der Waals surface area contributed by atoms with Gasteiger partial charge >= 0.3 is 0 Å². The van der Waals surface area contributed by atoms with Gasteiger partial charge in [0.25, 0.3) is 0 Å². The minimum atomic E-state index is 0.355. The van der Waals surface area contributed by atoms with Crippen LogP contribution in [0, 0.1) is 12.8 Å². The summed E-state index contributed by atoms with van der Waals surface area (Å²) >= 11 is 7.68. The van der Waals surface area contributed by atoms with Crippen LogP contribution < -0.4 is 4.90 Å². The van der Waals surface area contributed by atoms with Gasteiger partial charge in [-0.2, -0.15) is 4.98 Å². The second kappa shape index (κ2) is 4.10. The molecule has 1 aliphatic heterocycles. The average Bonchev–Trinajstić information content (AvgIpc) is 2.82. The van der Waals surface area contributed by atoms with Gasteiger partial charge in [-0.15, -0.1) is 11.3 Å². The summed E-state index contributed by atoms with van der Waals surface area (Å²) < 4.78 is 0. The first kappa shape index (κ1) is 11.2. The Balaban J connectivity index is 2.14. The number of anilines is 1. The summed E-state index contributed by atoms with van der Waals surface area (Å²) in [6.07, 6.45) is 1.23. The first-order valence-corrected chi connectivity index (χ1v) is 7.01. The van der Waals surface area contributed by atoms with E-state index in [9.17, 15) is 0 Å². The van der Waals surface area contributed by atoms with Crippen molar-refractivity contribution in [3.63, 3.8) is 0 Å². The molecule has 1 aliphatic rings. The molecule has 1 fully saturated rings. The first-order valence-electron chi connectivity index (χ1n) is 5.82. The summed E-state index contributed by atoms with van der Waals surface area (Å²) in [7, 11) is 0. The van der Waals surface area contributed by atoms with E-state index >= 15 is 0 Å². The van der Waals surface area contributed by atoms with Gasteiger partial charge in [-0.1, -0.05) is 6.92 Å². The molecule has 2 aromatic rings. The maximum absolute atomic E-state index is 6.01. The second-order valence-corrected chi connectivity index (χ2v) is 6.30. The Labute approximate surface area is 109 Å². The number of nitrogens with zero attached hydrogens (tertiary/aromatic N) is 3. The molecule has 0 aromatic carbocycles. The predicted molar refractivity (Wildman–Crippen MR) is 73.2 cm³/mol. The SMILES string of the molecule is Cc1cc2c(N3CCC(C)C3)nc(Cl)nc2s1. The molecule has 17 heavy (non-hydrogen) atoms. The van der Waals surface area contributed by atoms with Crippen LogP contribution in [0.4, 0.5) is 5.82 Å². The Kier molecular flexibility index (Phi) is 2.71. The van der Waals surface area contributed by atoms with Crippen molar-refractivity contribution < 1.29 is 0 Å². The molecular weight excluding hydrogens is 254 g/mol. The zero-order chi connectivity index (χ0) is 12.0. The van der Waals surface area contributed by atoms with Crippen LogP contribution in [0.2, 0.25) is 5.28 Å². The lowest BCUT2D eigenvalue weighted by molar-refractivity contribution is 0.659. The molecule has 0 bridgehead atoms. The number of thiophene rings is 1. The highest BCUT2D eigenvalue weighted by Crippen LogP contribution is 2.33. The fraction of sp³-hybridized carbons (Fsp3) is 0.500. The average molecular weight is 268 g/mol. The Hall–Kier alpha value is -0.870. The molecule has 1 atom stereocenters. The third-order valence-corrected chi connectivity index (χ3v) is 4.31. The molecule has 2 aromatic heterocycles. The van der Waals surface area contributed by atoms with Gasteiger partial charge in [0, 0.05) is 18.0 Å². The van der Waals surface area contributed by atoms with Gasteiger partial charge in [0.15, 0.2) is 0 Å². The maximum atomic E-state index is 6.01. The molecule has 0 radical (unpaired) electrons. The summed E-state index contributed by atoms with van der Waals surface area (Å²) in [4.78, 5) is 13.3. The number of fused-ring (bicyclic) bond motifs is 1. The van der Waals surface area contributed by atoms with Crippen molar-refractivity contribution in [2.24, 2.45) is 5.92 Å². The fourth-order valence-electron chi connectivity index (χ4n) is 2.37. The molecule has 3 nitrogen and oxygen atoms in total. The van der Waals surface area contributed by atoms with Gasteiger partial charge in [-0.05, 0) is 36.9 Å². The molecule has 0 aliphatic carbocycles. The number of halogens is 1. The second-order valence-electron chi connectivity index (χ2n) is 4.73. The predicted octanol–water partition coefficient (Wildman–Crippen LogP) is 3.50. The van der Waals surface area contributed by atoms with Gasteiger partial charge < -0.3 is 4.90 Å². The topological polar surface area (TPSA) is 29.0 Å². The summed E-state index contributed by atoms with van der Waals surface area (Å²) in [5.41, 5.74) is 0. The summed E-state index contributed by atoms with van der Waals surface area (Å²) in [6.45, 7) is 6.51. The van der Waals surface area contributed by atoms with Crippen LogP contribution >= 0.6 is 22.9 Å². The molecule has 0 N–H and O–H groups in total. The van der Waals surface area contributed by atoms with Crippen LogP contribution in [-0.2, 0) is 0 Å². The van der Waals surface area contributed by atoms with E-state index in [4.69, 9.17) is 11.6 Å². The number of aromatic nitrogens is 2. The van der Waals surface area contributed by atoms with Gasteiger partial charge in [0.2, 0.25) is 5.28 Å². The van der Waals surface area contributed by atoms with E-state index < -0.39 is 0 Å². The van der Waals surface area contributed by atoms with E-state index in [0.717, 1.165) is 35.0 Å². The van der Waals surface area contributed by atoms with Gasteiger partial charge in [0.05, 0.1) is 5.39 Å². The summed E-state index contributed by atoms with van der Waals surface area (Å²) in [6, 6.07) is 2.16. The smallest absolute Gasteiger partial charge is 0.225 e. The van der Waals surface area contributed by atoms with Crippen molar-refractivity contribution in [2.45, 2.75) is 20.3 Å². The molecule has 1 unspecified atom stereocenters. The lowest BCUT2D eigenvalue weighted by Gasteiger charge is -2.17. The molecule has 0 spiro atoms. The molecule has 0 saturated carbocycles. The van der Waals surface area contributed by atoms with Crippen LogP contribution in [0.3, 0.4) is 0 Å². The zero-order valence-electron chi connectivity index (χ0n) is 9.90. The van der Waals surface area contributed by atoms with Gasteiger partial charge in [-0.3, -0.25) is 0 Å². The van der Waals surface area contributed by atoms with Gasteiger partial charge in [-0.25, -0.2) is 4.98 Å². The summed E-state index contributed by atoms with van der Waals surface area (Å²) in [5, 5.41) is 1.50. The number of rotatable bonds is 1. The third-order valence-electron chi connectivity index (χ3n) is 3.19. The molecule has 5 heteroatoms. The van der Waals surface area contributed by atoms with Crippen LogP contribution in [0.15, 0.2) is 6.07 Å². The first-order chi connectivity index (χ1) is 8.13. The van der Waals surface area contributed by atoms with Crippen molar-refractivity contribution in [3.05, 3.63) is 16.2 Å². The Morgan fingerprint density at radius 2 is 2.29 bits per heavy atom. The Bertz CT molecular complexity index is 566. The van der Waals surface area contributed by atoms with Crippen LogP contribution in [0.1, 0.15) is 18.2 Å². The highest BCUT2D eigenvalue weighted by molar-refractivity contribution is 7.18. The lowest BCUT2D eigenvalue weighted by atomic mass is 10.2. The maximum Gasteiger partial charge on any atom is 0.225 e. The van der Waals surface area contributed by atoms with Crippen molar-refractivity contribution in [2.75, 3.05) is 18.0 Å². The lowest BCUT2D eigenvalue weighted by Crippen LogP contribution is -2.20. The Morgan fingerprint density at radius 3 is 3.00 bits per heavy atom. The Morgan fingerprint density at radius 1 is 1.47 bits per heavy atom. The molecule has 3 rings (SSSR count). The van der Waals surface area contributed by atoms with Crippen molar-refractivity contribution in [1.29, 1.82) is 0 Å². The number of hydrogen-bond donors (Lipinski definition) is 0. The van der Waals surface area contributed by atoms with Crippen LogP contribution in [0.5, 0.6) is 0 Å². The summed E-state index contributed by atoms with van der Waals surface area (Å²) in [5.74, 6) is 1.74.